The Morgan fingerprint density at radius 2 is 2.05 bits per heavy atom. The SMILES string of the molecule is C[C@@H](NCc1cccc2c1OCCO2)c1ccccn1. The van der Waals surface area contributed by atoms with E-state index < -0.39 is 0 Å². The second kappa shape index (κ2) is 5.92. The molecular weight excluding hydrogens is 252 g/mol. The van der Waals surface area contributed by atoms with Gasteiger partial charge in [0.1, 0.15) is 13.2 Å². The molecular formula is C16H18N2O2. The standard InChI is InChI=1S/C16H18N2O2/c1-12(14-6-2-3-8-17-14)18-11-13-5-4-7-15-16(13)20-10-9-19-15/h2-8,12,18H,9-11H2,1H3/t12-/m1/s1. The lowest BCUT2D eigenvalue weighted by atomic mass is 10.1. The zero-order valence-corrected chi connectivity index (χ0v) is 11.5. The monoisotopic (exact) mass is 270 g/mol. The molecule has 0 amide bonds. The summed E-state index contributed by atoms with van der Waals surface area (Å²) in [5.74, 6) is 1.69. The van der Waals surface area contributed by atoms with Crippen LogP contribution in [-0.4, -0.2) is 18.2 Å². The van der Waals surface area contributed by atoms with Crippen LogP contribution in [0.3, 0.4) is 0 Å². The first-order chi connectivity index (χ1) is 9.84. The molecule has 4 heteroatoms. The molecule has 20 heavy (non-hydrogen) atoms. The molecule has 2 aromatic rings. The Hall–Kier alpha value is -2.07. The summed E-state index contributed by atoms with van der Waals surface area (Å²) in [6.07, 6.45) is 1.81. The predicted octanol–water partition coefficient (Wildman–Crippen LogP) is 2.70. The zero-order chi connectivity index (χ0) is 13.8. The van der Waals surface area contributed by atoms with Crippen LogP contribution < -0.4 is 14.8 Å². The number of rotatable bonds is 4. The first-order valence-corrected chi connectivity index (χ1v) is 6.86. The third-order valence-electron chi connectivity index (χ3n) is 3.38. The molecule has 3 rings (SSSR count). The van der Waals surface area contributed by atoms with Crippen LogP contribution in [0.15, 0.2) is 42.6 Å². The molecule has 2 heterocycles. The molecule has 1 aliphatic heterocycles. The molecule has 0 unspecified atom stereocenters. The average molecular weight is 270 g/mol. The number of hydrogen-bond donors (Lipinski definition) is 1. The minimum absolute atomic E-state index is 0.191. The van der Waals surface area contributed by atoms with Gasteiger partial charge >= 0.3 is 0 Å². The van der Waals surface area contributed by atoms with E-state index in [1.54, 1.807) is 0 Å². The van der Waals surface area contributed by atoms with E-state index in [0.717, 1.165) is 29.3 Å². The van der Waals surface area contributed by atoms with Crippen LogP contribution in [0.2, 0.25) is 0 Å². The smallest absolute Gasteiger partial charge is 0.165 e. The Labute approximate surface area is 118 Å². The maximum atomic E-state index is 5.71. The largest absolute Gasteiger partial charge is 0.486 e. The van der Waals surface area contributed by atoms with Crippen LogP contribution in [0, 0.1) is 0 Å². The van der Waals surface area contributed by atoms with Crippen LogP contribution in [-0.2, 0) is 6.54 Å². The van der Waals surface area contributed by atoms with Crippen LogP contribution >= 0.6 is 0 Å². The predicted molar refractivity (Wildman–Crippen MR) is 76.9 cm³/mol. The van der Waals surface area contributed by atoms with Gasteiger partial charge in [-0.2, -0.15) is 0 Å². The lowest BCUT2D eigenvalue weighted by Gasteiger charge is -2.22. The van der Waals surface area contributed by atoms with Gasteiger partial charge in [-0.05, 0) is 25.1 Å². The maximum absolute atomic E-state index is 5.71. The Balaban J connectivity index is 1.70. The summed E-state index contributed by atoms with van der Waals surface area (Å²) in [6.45, 7) is 4.06. The lowest BCUT2D eigenvalue weighted by molar-refractivity contribution is 0.169. The van der Waals surface area contributed by atoms with Gasteiger partial charge in [0.25, 0.3) is 0 Å². The Kier molecular flexibility index (Phi) is 3.83. The molecule has 1 atom stereocenters. The highest BCUT2D eigenvalue weighted by molar-refractivity contribution is 5.47. The quantitative estimate of drug-likeness (QED) is 0.927. The van der Waals surface area contributed by atoms with Crippen molar-refractivity contribution in [3.63, 3.8) is 0 Å². The Morgan fingerprint density at radius 3 is 2.90 bits per heavy atom. The first kappa shape index (κ1) is 12.9. The summed E-state index contributed by atoms with van der Waals surface area (Å²) >= 11 is 0. The molecule has 104 valence electrons. The van der Waals surface area contributed by atoms with Gasteiger partial charge in [-0.1, -0.05) is 18.2 Å². The van der Waals surface area contributed by atoms with Crippen molar-refractivity contribution in [3.05, 3.63) is 53.9 Å². The summed E-state index contributed by atoms with van der Waals surface area (Å²) in [5, 5.41) is 3.47. The highest BCUT2D eigenvalue weighted by Crippen LogP contribution is 2.33. The van der Waals surface area contributed by atoms with Gasteiger partial charge in [-0.3, -0.25) is 4.98 Å². The van der Waals surface area contributed by atoms with E-state index in [1.807, 2.05) is 36.5 Å². The van der Waals surface area contributed by atoms with Crippen molar-refractivity contribution in [2.45, 2.75) is 19.5 Å². The molecule has 1 aromatic heterocycles. The van der Waals surface area contributed by atoms with E-state index in [9.17, 15) is 0 Å². The van der Waals surface area contributed by atoms with E-state index in [4.69, 9.17) is 9.47 Å². The third kappa shape index (κ3) is 2.75. The number of ether oxygens (including phenoxy) is 2. The van der Waals surface area contributed by atoms with E-state index in [-0.39, 0.29) is 6.04 Å². The van der Waals surface area contributed by atoms with Crippen LogP contribution in [0.25, 0.3) is 0 Å². The van der Waals surface area contributed by atoms with E-state index >= 15 is 0 Å². The van der Waals surface area contributed by atoms with Gasteiger partial charge in [0.15, 0.2) is 11.5 Å². The van der Waals surface area contributed by atoms with Crippen molar-refractivity contribution in [1.29, 1.82) is 0 Å². The number of para-hydroxylation sites is 1. The number of pyridine rings is 1. The van der Waals surface area contributed by atoms with E-state index in [1.165, 1.54) is 0 Å². The Morgan fingerprint density at radius 1 is 1.15 bits per heavy atom. The normalized spacial score (nSPS) is 14.8. The zero-order valence-electron chi connectivity index (χ0n) is 11.5. The van der Waals surface area contributed by atoms with Gasteiger partial charge in [0.2, 0.25) is 0 Å². The minimum Gasteiger partial charge on any atom is -0.486 e. The second-order valence-electron chi connectivity index (χ2n) is 4.80. The summed E-state index contributed by atoms with van der Waals surface area (Å²) in [5.41, 5.74) is 2.15. The summed E-state index contributed by atoms with van der Waals surface area (Å²) in [6, 6.07) is 12.1. The summed E-state index contributed by atoms with van der Waals surface area (Å²) < 4.78 is 11.3. The fraction of sp³-hybridized carbons (Fsp3) is 0.312. The topological polar surface area (TPSA) is 43.4 Å². The van der Waals surface area contributed by atoms with E-state index in [2.05, 4.69) is 23.3 Å². The average Bonchev–Trinajstić information content (AvgIpc) is 2.53. The maximum Gasteiger partial charge on any atom is 0.165 e. The summed E-state index contributed by atoms with van der Waals surface area (Å²) in [4.78, 5) is 4.36. The lowest BCUT2D eigenvalue weighted by Crippen LogP contribution is -2.21. The third-order valence-corrected chi connectivity index (χ3v) is 3.38. The van der Waals surface area contributed by atoms with Crippen molar-refractivity contribution < 1.29 is 9.47 Å². The second-order valence-corrected chi connectivity index (χ2v) is 4.80. The molecule has 0 aliphatic carbocycles. The Bertz CT molecular complexity index is 572. The van der Waals surface area contributed by atoms with Gasteiger partial charge < -0.3 is 14.8 Å². The van der Waals surface area contributed by atoms with Crippen LogP contribution in [0.1, 0.15) is 24.2 Å². The molecule has 1 aromatic carbocycles. The van der Waals surface area contributed by atoms with Crippen molar-refractivity contribution >= 4 is 0 Å². The fourth-order valence-electron chi connectivity index (χ4n) is 2.27. The summed E-state index contributed by atoms with van der Waals surface area (Å²) in [7, 11) is 0. The fourth-order valence-corrected chi connectivity index (χ4v) is 2.27. The number of benzene rings is 1. The molecule has 1 N–H and O–H groups in total. The molecule has 1 aliphatic rings. The van der Waals surface area contributed by atoms with Crippen molar-refractivity contribution in [3.8, 4) is 11.5 Å². The molecule has 0 spiro atoms. The van der Waals surface area contributed by atoms with Crippen molar-refractivity contribution in [2.24, 2.45) is 0 Å². The molecule has 0 fully saturated rings. The molecule has 0 bridgehead atoms. The number of aromatic nitrogens is 1. The number of nitrogens with zero attached hydrogens (tertiary/aromatic N) is 1. The van der Waals surface area contributed by atoms with Gasteiger partial charge in [0, 0.05) is 24.3 Å². The van der Waals surface area contributed by atoms with Gasteiger partial charge in [0.05, 0.1) is 5.69 Å². The number of fused-ring (bicyclic) bond motifs is 1. The minimum atomic E-state index is 0.191. The molecule has 0 saturated carbocycles. The van der Waals surface area contributed by atoms with Crippen LogP contribution in [0.5, 0.6) is 11.5 Å². The number of nitrogens with one attached hydrogen (secondary N) is 1. The molecule has 4 nitrogen and oxygen atoms in total. The first-order valence-electron chi connectivity index (χ1n) is 6.86. The highest BCUT2D eigenvalue weighted by atomic mass is 16.6. The van der Waals surface area contributed by atoms with Crippen molar-refractivity contribution in [1.82, 2.24) is 10.3 Å². The van der Waals surface area contributed by atoms with Gasteiger partial charge in [-0.25, -0.2) is 0 Å². The highest BCUT2D eigenvalue weighted by Gasteiger charge is 2.16. The molecule has 0 radical (unpaired) electrons. The van der Waals surface area contributed by atoms with Crippen molar-refractivity contribution in [2.75, 3.05) is 13.2 Å². The van der Waals surface area contributed by atoms with Gasteiger partial charge in [-0.15, -0.1) is 0 Å². The number of hydrogen-bond acceptors (Lipinski definition) is 4. The molecule has 0 saturated heterocycles. The van der Waals surface area contributed by atoms with E-state index in [0.29, 0.717) is 13.2 Å². The van der Waals surface area contributed by atoms with Crippen LogP contribution in [0.4, 0.5) is 0 Å².